The zero-order valence-electron chi connectivity index (χ0n) is 17.4. The van der Waals surface area contributed by atoms with Crippen LogP contribution in [-0.2, 0) is 14.3 Å². The van der Waals surface area contributed by atoms with Gasteiger partial charge in [-0.25, -0.2) is 4.79 Å². The third kappa shape index (κ3) is 2.35. The number of fused-ring (bicyclic) bond motifs is 5. The summed E-state index contributed by atoms with van der Waals surface area (Å²) in [6, 6.07) is 0. The van der Waals surface area contributed by atoms with Crippen LogP contribution in [0.5, 0.6) is 0 Å². The highest BCUT2D eigenvalue weighted by atomic mass is 16.5. The molecule has 4 N–H and O–H groups in total. The van der Waals surface area contributed by atoms with E-state index < -0.39 is 40.2 Å². The van der Waals surface area contributed by atoms with Gasteiger partial charge in [-0.15, -0.1) is 0 Å². The zero-order valence-corrected chi connectivity index (χ0v) is 17.4. The average molecular weight is 421 g/mol. The molecule has 0 radical (unpaired) electrons. The lowest BCUT2D eigenvalue weighted by Gasteiger charge is -2.66. The Labute approximate surface area is 176 Å². The summed E-state index contributed by atoms with van der Waals surface area (Å²) in [4.78, 5) is 24.2. The Hall–Kier alpha value is -1.28. The predicted octanol–water partition coefficient (Wildman–Crippen LogP) is 0.869. The molecule has 0 aromatic carbocycles. The van der Waals surface area contributed by atoms with Crippen molar-refractivity contribution in [3.05, 3.63) is 11.6 Å². The van der Waals surface area contributed by atoms with Crippen LogP contribution in [0.3, 0.4) is 0 Å². The third-order valence-electron chi connectivity index (χ3n) is 9.80. The van der Waals surface area contributed by atoms with Crippen molar-refractivity contribution in [2.75, 3.05) is 6.61 Å². The Balaban J connectivity index is 1.56. The molecule has 9 atom stereocenters. The standard InChI is InChI=1S/C23H32O7/c1-20-10-17(26)19-16(3-6-22(28)9-14(25)2-5-21(19,22)12-24)23(20,29)7-4-15(20)13-8-18(27)30-11-13/h8,12,14-17,19,25-26,28-29H,2-7,9-11H2,1H3/t14-,15+,16+,17+,19-,20+,21-,22-,23-/m0/s1. The van der Waals surface area contributed by atoms with Crippen molar-refractivity contribution < 1.29 is 34.8 Å². The Bertz CT molecular complexity index is 809. The number of rotatable bonds is 2. The van der Waals surface area contributed by atoms with Crippen molar-refractivity contribution >= 4 is 12.3 Å². The molecule has 0 spiro atoms. The molecule has 4 aliphatic carbocycles. The summed E-state index contributed by atoms with van der Waals surface area (Å²) in [5.74, 6) is -1.29. The number of aldehydes is 1. The summed E-state index contributed by atoms with van der Waals surface area (Å²) in [7, 11) is 0. The van der Waals surface area contributed by atoms with E-state index >= 15 is 0 Å². The van der Waals surface area contributed by atoms with E-state index in [9.17, 15) is 30.0 Å². The Morgan fingerprint density at radius 3 is 2.53 bits per heavy atom. The number of esters is 1. The van der Waals surface area contributed by atoms with E-state index in [0.29, 0.717) is 44.9 Å². The number of ether oxygens (including phenoxy) is 1. The molecular formula is C23H32O7. The summed E-state index contributed by atoms with van der Waals surface area (Å²) < 4.78 is 5.12. The van der Waals surface area contributed by atoms with Crippen LogP contribution >= 0.6 is 0 Å². The lowest BCUT2D eigenvalue weighted by atomic mass is 9.41. The van der Waals surface area contributed by atoms with Crippen LogP contribution in [-0.4, -0.2) is 62.7 Å². The van der Waals surface area contributed by atoms with E-state index in [0.717, 1.165) is 11.9 Å². The lowest BCUT2D eigenvalue weighted by molar-refractivity contribution is -0.272. The highest BCUT2D eigenvalue weighted by molar-refractivity contribution is 5.85. The first-order valence-corrected chi connectivity index (χ1v) is 11.2. The Kier molecular flexibility index (Phi) is 4.38. The van der Waals surface area contributed by atoms with Crippen LogP contribution < -0.4 is 0 Å². The molecule has 166 valence electrons. The van der Waals surface area contributed by atoms with Crippen molar-refractivity contribution in [1.29, 1.82) is 0 Å². The molecular weight excluding hydrogens is 388 g/mol. The summed E-state index contributed by atoms with van der Waals surface area (Å²) >= 11 is 0. The van der Waals surface area contributed by atoms with Crippen LogP contribution in [0.1, 0.15) is 58.3 Å². The molecule has 0 aromatic rings. The van der Waals surface area contributed by atoms with Crippen molar-refractivity contribution in [2.24, 2.45) is 28.6 Å². The van der Waals surface area contributed by atoms with Gasteiger partial charge in [-0.3, -0.25) is 0 Å². The van der Waals surface area contributed by atoms with E-state index in [1.54, 1.807) is 0 Å². The fraction of sp³-hybridized carbons (Fsp3) is 0.826. The van der Waals surface area contributed by atoms with Crippen LogP contribution in [0.25, 0.3) is 0 Å². The maximum absolute atomic E-state index is 12.5. The van der Waals surface area contributed by atoms with Gasteiger partial charge >= 0.3 is 5.97 Å². The number of hydrogen-bond acceptors (Lipinski definition) is 7. The van der Waals surface area contributed by atoms with Gasteiger partial charge < -0.3 is 30.0 Å². The van der Waals surface area contributed by atoms with Gasteiger partial charge in [-0.05, 0) is 62.4 Å². The number of cyclic esters (lactones) is 1. The Morgan fingerprint density at radius 1 is 1.10 bits per heavy atom. The quantitative estimate of drug-likeness (QED) is 0.386. The Morgan fingerprint density at radius 2 is 1.87 bits per heavy atom. The summed E-state index contributed by atoms with van der Waals surface area (Å²) in [6.07, 6.45) is 4.02. The van der Waals surface area contributed by atoms with Gasteiger partial charge in [0.2, 0.25) is 0 Å². The highest BCUT2D eigenvalue weighted by Gasteiger charge is 2.73. The fourth-order valence-corrected chi connectivity index (χ4v) is 8.40. The highest BCUT2D eigenvalue weighted by Crippen LogP contribution is 2.70. The van der Waals surface area contributed by atoms with Crippen molar-refractivity contribution in [3.63, 3.8) is 0 Å². The summed E-state index contributed by atoms with van der Waals surface area (Å²) in [5.41, 5.74) is -3.37. The largest absolute Gasteiger partial charge is 0.458 e. The van der Waals surface area contributed by atoms with Crippen LogP contribution in [0.4, 0.5) is 0 Å². The van der Waals surface area contributed by atoms with E-state index in [1.165, 1.54) is 6.08 Å². The van der Waals surface area contributed by atoms with Crippen LogP contribution in [0, 0.1) is 28.6 Å². The molecule has 0 saturated heterocycles. The normalized spacial score (nSPS) is 55.2. The minimum Gasteiger partial charge on any atom is -0.458 e. The van der Waals surface area contributed by atoms with Crippen molar-refractivity contribution in [2.45, 2.75) is 81.7 Å². The fourth-order valence-electron chi connectivity index (χ4n) is 8.40. The maximum Gasteiger partial charge on any atom is 0.331 e. The van der Waals surface area contributed by atoms with Crippen LogP contribution in [0.2, 0.25) is 0 Å². The number of aliphatic hydroxyl groups excluding tert-OH is 2. The number of carbonyl (C=O) groups is 2. The predicted molar refractivity (Wildman–Crippen MR) is 105 cm³/mol. The second-order valence-corrected chi connectivity index (χ2v) is 10.8. The van der Waals surface area contributed by atoms with Crippen molar-refractivity contribution in [3.8, 4) is 0 Å². The zero-order chi connectivity index (χ0) is 21.5. The first-order chi connectivity index (χ1) is 14.1. The van der Waals surface area contributed by atoms with Gasteiger partial charge in [0.25, 0.3) is 0 Å². The minimum absolute atomic E-state index is 0.0641. The maximum atomic E-state index is 12.5. The van der Waals surface area contributed by atoms with E-state index in [1.807, 2.05) is 6.92 Å². The molecule has 5 aliphatic rings. The van der Waals surface area contributed by atoms with Gasteiger partial charge in [0.1, 0.15) is 12.9 Å². The molecule has 1 heterocycles. The lowest BCUT2D eigenvalue weighted by Crippen LogP contribution is -2.72. The third-order valence-corrected chi connectivity index (χ3v) is 9.80. The molecule has 5 rings (SSSR count). The number of aliphatic hydroxyl groups is 4. The molecule has 4 saturated carbocycles. The molecule has 7 heteroatoms. The molecule has 7 nitrogen and oxygen atoms in total. The van der Waals surface area contributed by atoms with Crippen LogP contribution in [0.15, 0.2) is 11.6 Å². The minimum atomic E-state index is -1.36. The summed E-state index contributed by atoms with van der Waals surface area (Å²) in [6.45, 7) is 2.22. The van der Waals surface area contributed by atoms with E-state index in [2.05, 4.69) is 0 Å². The topological polar surface area (TPSA) is 124 Å². The molecule has 0 aromatic heterocycles. The second-order valence-electron chi connectivity index (χ2n) is 10.8. The first kappa shape index (κ1) is 20.6. The molecule has 0 bridgehead atoms. The van der Waals surface area contributed by atoms with Crippen molar-refractivity contribution in [1.82, 2.24) is 0 Å². The van der Waals surface area contributed by atoms with Gasteiger partial charge in [0, 0.05) is 23.8 Å². The van der Waals surface area contributed by atoms with Gasteiger partial charge in [0.05, 0.1) is 28.8 Å². The van der Waals surface area contributed by atoms with E-state index in [4.69, 9.17) is 4.74 Å². The number of carbonyl (C=O) groups excluding carboxylic acids is 2. The average Bonchev–Trinajstić information content (AvgIpc) is 3.21. The summed E-state index contributed by atoms with van der Waals surface area (Å²) in [5, 5.41) is 45.1. The van der Waals surface area contributed by atoms with Gasteiger partial charge in [-0.2, -0.15) is 0 Å². The smallest absolute Gasteiger partial charge is 0.331 e. The SMILES string of the molecule is C[C@]12C[C@@H](O)[C@@H]3[C@@H](CC[C@]4(O)C[C@@H](O)CC[C@]34C=O)[C@@]1(O)CC[C@@H]2C1=CC(=O)OC1. The number of hydrogen-bond donors (Lipinski definition) is 4. The monoisotopic (exact) mass is 420 g/mol. The molecule has 0 unspecified atom stereocenters. The molecule has 0 amide bonds. The van der Waals surface area contributed by atoms with Gasteiger partial charge in [-0.1, -0.05) is 6.92 Å². The second kappa shape index (κ2) is 6.37. The molecule has 4 fully saturated rings. The molecule has 1 aliphatic heterocycles. The van der Waals surface area contributed by atoms with Gasteiger partial charge in [0.15, 0.2) is 0 Å². The first-order valence-electron chi connectivity index (χ1n) is 11.2. The molecule has 30 heavy (non-hydrogen) atoms. The van der Waals surface area contributed by atoms with E-state index in [-0.39, 0.29) is 30.8 Å².